The molecule has 1 atom stereocenters. The third-order valence-electron chi connectivity index (χ3n) is 3.70. The van der Waals surface area contributed by atoms with Gasteiger partial charge in [-0.1, -0.05) is 46.0 Å². The Labute approximate surface area is 123 Å². The van der Waals surface area contributed by atoms with Crippen LogP contribution in [0.25, 0.3) is 0 Å². The maximum atomic E-state index is 3.73. The molecule has 1 N–H and O–H groups in total. The standard InChI is InChI=1S/C17H31NS/c1-3-5-6-7-8-9-17(18-13-4-2)11-10-16-12-14-19-15-16/h12,14-15,17-18H,3-11,13H2,1-2H3. The van der Waals surface area contributed by atoms with E-state index in [1.807, 2.05) is 11.3 Å². The van der Waals surface area contributed by atoms with Crippen molar-refractivity contribution in [3.63, 3.8) is 0 Å². The molecule has 19 heavy (non-hydrogen) atoms. The van der Waals surface area contributed by atoms with Gasteiger partial charge >= 0.3 is 0 Å². The van der Waals surface area contributed by atoms with Crippen LogP contribution in [0.5, 0.6) is 0 Å². The zero-order valence-electron chi connectivity index (χ0n) is 12.8. The maximum absolute atomic E-state index is 3.73. The fraction of sp³-hybridized carbons (Fsp3) is 0.765. The molecule has 0 radical (unpaired) electrons. The molecular weight excluding hydrogens is 250 g/mol. The Morgan fingerprint density at radius 1 is 1.05 bits per heavy atom. The van der Waals surface area contributed by atoms with Gasteiger partial charge in [-0.15, -0.1) is 0 Å². The molecule has 0 amide bonds. The van der Waals surface area contributed by atoms with Gasteiger partial charge in [0.2, 0.25) is 0 Å². The van der Waals surface area contributed by atoms with E-state index in [0.29, 0.717) is 0 Å². The van der Waals surface area contributed by atoms with Crippen LogP contribution in [0, 0.1) is 0 Å². The Morgan fingerprint density at radius 3 is 2.58 bits per heavy atom. The summed E-state index contributed by atoms with van der Waals surface area (Å²) < 4.78 is 0. The van der Waals surface area contributed by atoms with E-state index in [9.17, 15) is 0 Å². The molecule has 0 fully saturated rings. The van der Waals surface area contributed by atoms with Gasteiger partial charge in [-0.25, -0.2) is 0 Å². The van der Waals surface area contributed by atoms with Gasteiger partial charge in [-0.3, -0.25) is 0 Å². The monoisotopic (exact) mass is 281 g/mol. The third kappa shape index (κ3) is 8.43. The van der Waals surface area contributed by atoms with Gasteiger partial charge in [0.1, 0.15) is 0 Å². The predicted octanol–water partition coefficient (Wildman–Crippen LogP) is 5.41. The summed E-state index contributed by atoms with van der Waals surface area (Å²) in [6.07, 6.45) is 12.1. The summed E-state index contributed by atoms with van der Waals surface area (Å²) in [7, 11) is 0. The number of thiophene rings is 1. The smallest absolute Gasteiger partial charge is 0.00702 e. The first-order valence-corrected chi connectivity index (χ1v) is 9.05. The summed E-state index contributed by atoms with van der Waals surface area (Å²) in [6, 6.07) is 2.99. The van der Waals surface area contributed by atoms with Gasteiger partial charge in [0, 0.05) is 6.04 Å². The molecule has 1 unspecified atom stereocenters. The summed E-state index contributed by atoms with van der Waals surface area (Å²) in [5.74, 6) is 0. The lowest BCUT2D eigenvalue weighted by Crippen LogP contribution is -2.30. The van der Waals surface area contributed by atoms with Crippen LogP contribution in [0.2, 0.25) is 0 Å². The van der Waals surface area contributed by atoms with Gasteiger partial charge in [0.15, 0.2) is 0 Å². The quantitative estimate of drug-likeness (QED) is 0.505. The van der Waals surface area contributed by atoms with Crippen molar-refractivity contribution in [3.8, 4) is 0 Å². The van der Waals surface area contributed by atoms with Crippen LogP contribution in [-0.4, -0.2) is 12.6 Å². The van der Waals surface area contributed by atoms with Gasteiger partial charge in [-0.2, -0.15) is 11.3 Å². The van der Waals surface area contributed by atoms with Crippen molar-refractivity contribution in [3.05, 3.63) is 22.4 Å². The lowest BCUT2D eigenvalue weighted by Gasteiger charge is -2.18. The van der Waals surface area contributed by atoms with Crippen molar-refractivity contribution < 1.29 is 0 Å². The van der Waals surface area contributed by atoms with Crippen LogP contribution in [0.3, 0.4) is 0 Å². The van der Waals surface area contributed by atoms with E-state index in [0.717, 1.165) is 6.04 Å². The lowest BCUT2D eigenvalue weighted by molar-refractivity contribution is 0.431. The number of nitrogens with one attached hydrogen (secondary N) is 1. The van der Waals surface area contributed by atoms with Crippen LogP contribution in [0.1, 0.15) is 70.8 Å². The van der Waals surface area contributed by atoms with Gasteiger partial charge in [0.25, 0.3) is 0 Å². The molecule has 0 aromatic carbocycles. The first-order chi connectivity index (χ1) is 9.36. The number of aryl methyl sites for hydroxylation is 1. The topological polar surface area (TPSA) is 12.0 Å². The molecular formula is C17H31NS. The van der Waals surface area contributed by atoms with E-state index in [-0.39, 0.29) is 0 Å². The summed E-state index contributed by atoms with van der Waals surface area (Å²) in [6.45, 7) is 5.71. The molecule has 1 rings (SSSR count). The summed E-state index contributed by atoms with van der Waals surface area (Å²) in [4.78, 5) is 0. The predicted molar refractivity (Wildman–Crippen MR) is 88.1 cm³/mol. The normalized spacial score (nSPS) is 12.7. The Kier molecular flexibility index (Phi) is 10.1. The molecule has 0 bridgehead atoms. The minimum Gasteiger partial charge on any atom is -0.314 e. The summed E-state index contributed by atoms with van der Waals surface area (Å²) >= 11 is 1.82. The second-order valence-corrected chi connectivity index (χ2v) is 6.30. The van der Waals surface area contributed by atoms with Gasteiger partial charge < -0.3 is 5.32 Å². The molecule has 1 nitrogen and oxygen atoms in total. The molecule has 0 aliphatic heterocycles. The second-order valence-electron chi connectivity index (χ2n) is 5.52. The molecule has 0 spiro atoms. The van der Waals surface area contributed by atoms with E-state index in [4.69, 9.17) is 0 Å². The minimum absolute atomic E-state index is 0.724. The Hall–Kier alpha value is -0.340. The molecule has 110 valence electrons. The van der Waals surface area contributed by atoms with E-state index >= 15 is 0 Å². The molecule has 1 aromatic rings. The zero-order chi connectivity index (χ0) is 13.8. The van der Waals surface area contributed by atoms with E-state index in [2.05, 4.69) is 36.0 Å². The van der Waals surface area contributed by atoms with Crippen LogP contribution in [0.4, 0.5) is 0 Å². The molecule has 0 saturated heterocycles. The van der Waals surface area contributed by atoms with Crippen molar-refractivity contribution in [2.24, 2.45) is 0 Å². The van der Waals surface area contributed by atoms with Crippen molar-refractivity contribution in [1.29, 1.82) is 0 Å². The molecule has 1 aromatic heterocycles. The Balaban J connectivity index is 2.18. The largest absolute Gasteiger partial charge is 0.314 e. The maximum Gasteiger partial charge on any atom is 0.00702 e. The van der Waals surface area contributed by atoms with E-state index in [1.54, 1.807) is 0 Å². The highest BCUT2D eigenvalue weighted by Crippen LogP contribution is 2.14. The number of hydrogen-bond acceptors (Lipinski definition) is 2. The number of hydrogen-bond donors (Lipinski definition) is 1. The van der Waals surface area contributed by atoms with Crippen LogP contribution >= 0.6 is 11.3 Å². The van der Waals surface area contributed by atoms with Crippen molar-refractivity contribution >= 4 is 11.3 Å². The van der Waals surface area contributed by atoms with Crippen molar-refractivity contribution in [2.45, 2.75) is 77.7 Å². The number of rotatable bonds is 12. The zero-order valence-corrected chi connectivity index (χ0v) is 13.6. The van der Waals surface area contributed by atoms with Crippen LogP contribution < -0.4 is 5.32 Å². The van der Waals surface area contributed by atoms with Crippen molar-refractivity contribution in [2.75, 3.05) is 6.54 Å². The first-order valence-electron chi connectivity index (χ1n) is 8.11. The average molecular weight is 282 g/mol. The molecule has 0 aliphatic rings. The molecule has 0 saturated carbocycles. The second kappa shape index (κ2) is 11.5. The highest BCUT2D eigenvalue weighted by Gasteiger charge is 2.07. The lowest BCUT2D eigenvalue weighted by atomic mass is 10.0. The van der Waals surface area contributed by atoms with E-state index in [1.165, 1.54) is 69.9 Å². The highest BCUT2D eigenvalue weighted by molar-refractivity contribution is 7.07. The molecule has 1 heterocycles. The Morgan fingerprint density at radius 2 is 1.89 bits per heavy atom. The summed E-state index contributed by atoms with van der Waals surface area (Å²) in [5, 5.41) is 8.21. The van der Waals surface area contributed by atoms with Crippen LogP contribution in [0.15, 0.2) is 16.8 Å². The summed E-state index contributed by atoms with van der Waals surface area (Å²) in [5.41, 5.74) is 1.51. The highest BCUT2D eigenvalue weighted by atomic mass is 32.1. The number of unbranched alkanes of at least 4 members (excludes halogenated alkanes) is 4. The Bertz CT molecular complexity index is 281. The van der Waals surface area contributed by atoms with Gasteiger partial charge in [0.05, 0.1) is 0 Å². The first kappa shape index (κ1) is 16.7. The fourth-order valence-electron chi connectivity index (χ4n) is 2.47. The molecule has 2 heteroatoms. The SMILES string of the molecule is CCCCCCCC(CCc1ccsc1)NCCC. The molecule has 0 aliphatic carbocycles. The van der Waals surface area contributed by atoms with Crippen molar-refractivity contribution in [1.82, 2.24) is 5.32 Å². The third-order valence-corrected chi connectivity index (χ3v) is 4.43. The fourth-order valence-corrected chi connectivity index (χ4v) is 3.17. The van der Waals surface area contributed by atoms with E-state index < -0.39 is 0 Å². The average Bonchev–Trinajstić information content (AvgIpc) is 2.94. The minimum atomic E-state index is 0.724. The van der Waals surface area contributed by atoms with Crippen LogP contribution in [-0.2, 0) is 6.42 Å². The van der Waals surface area contributed by atoms with Gasteiger partial charge in [-0.05, 0) is 54.6 Å².